The molecule has 0 radical (unpaired) electrons. The molecule has 106 valence electrons. The minimum atomic E-state index is 0.755. The van der Waals surface area contributed by atoms with Crippen molar-refractivity contribution in [3.05, 3.63) is 52.2 Å². The van der Waals surface area contributed by atoms with Crippen LogP contribution in [-0.4, -0.2) is 16.2 Å². The molecule has 0 bridgehead atoms. The van der Waals surface area contributed by atoms with Crippen LogP contribution in [0.4, 0.5) is 5.82 Å². The summed E-state index contributed by atoms with van der Waals surface area (Å²) in [5, 5.41) is 5.34. The summed E-state index contributed by atoms with van der Waals surface area (Å²) in [7, 11) is 0. The first kappa shape index (κ1) is 13.7. The van der Waals surface area contributed by atoms with Crippen LogP contribution in [0.25, 0.3) is 10.2 Å². The lowest BCUT2D eigenvalue weighted by atomic mass is 10.2. The third kappa shape index (κ3) is 2.78. The van der Waals surface area contributed by atoms with E-state index in [4.69, 9.17) is 0 Å². The van der Waals surface area contributed by atoms with Gasteiger partial charge in [0.2, 0.25) is 0 Å². The largest absolute Gasteiger partial charge is 0.261 e. The van der Waals surface area contributed by atoms with E-state index in [-0.39, 0.29) is 0 Å². The minimum absolute atomic E-state index is 0.755. The van der Waals surface area contributed by atoms with Gasteiger partial charge in [-0.05, 0) is 31.9 Å². The second-order valence-corrected chi connectivity index (χ2v) is 6.17. The number of aryl methyl sites for hydroxylation is 3. The molecule has 0 spiro atoms. The van der Waals surface area contributed by atoms with Crippen molar-refractivity contribution in [2.45, 2.75) is 20.8 Å². The van der Waals surface area contributed by atoms with Gasteiger partial charge in [-0.2, -0.15) is 5.10 Å². The van der Waals surface area contributed by atoms with E-state index in [2.05, 4.69) is 53.4 Å². The maximum Gasteiger partial charge on any atom is 0.158 e. The van der Waals surface area contributed by atoms with Crippen molar-refractivity contribution in [2.24, 2.45) is 5.10 Å². The molecule has 1 N–H and O–H groups in total. The van der Waals surface area contributed by atoms with Gasteiger partial charge in [0.15, 0.2) is 5.82 Å². The zero-order valence-corrected chi connectivity index (χ0v) is 13.0. The van der Waals surface area contributed by atoms with Crippen molar-refractivity contribution in [3.8, 4) is 0 Å². The van der Waals surface area contributed by atoms with Crippen LogP contribution >= 0.6 is 11.3 Å². The van der Waals surface area contributed by atoms with E-state index in [9.17, 15) is 0 Å². The average molecular weight is 296 g/mol. The van der Waals surface area contributed by atoms with Gasteiger partial charge in [0.05, 0.1) is 11.6 Å². The molecule has 0 saturated heterocycles. The summed E-state index contributed by atoms with van der Waals surface area (Å²) < 4.78 is 0. The topological polar surface area (TPSA) is 50.2 Å². The van der Waals surface area contributed by atoms with Crippen molar-refractivity contribution in [1.82, 2.24) is 9.97 Å². The van der Waals surface area contributed by atoms with Crippen LogP contribution < -0.4 is 5.43 Å². The molecule has 2 heterocycles. The average Bonchev–Trinajstić information content (AvgIpc) is 2.77. The highest BCUT2D eigenvalue weighted by Crippen LogP contribution is 2.32. The fourth-order valence-electron chi connectivity index (χ4n) is 2.09. The molecule has 2 aromatic heterocycles. The first-order valence-electron chi connectivity index (χ1n) is 6.71. The molecule has 0 amide bonds. The zero-order chi connectivity index (χ0) is 14.8. The minimum Gasteiger partial charge on any atom is -0.261 e. The van der Waals surface area contributed by atoms with Crippen molar-refractivity contribution in [3.63, 3.8) is 0 Å². The molecule has 0 aliphatic rings. The molecule has 1 aromatic carbocycles. The Labute approximate surface area is 127 Å². The molecule has 4 nitrogen and oxygen atoms in total. The van der Waals surface area contributed by atoms with Gasteiger partial charge in [-0.3, -0.25) is 5.43 Å². The van der Waals surface area contributed by atoms with Crippen LogP contribution in [0, 0.1) is 20.8 Å². The Morgan fingerprint density at radius 2 is 1.86 bits per heavy atom. The summed E-state index contributed by atoms with van der Waals surface area (Å²) in [6.07, 6.45) is 3.36. The molecular formula is C16H16N4S. The molecule has 3 aromatic rings. The molecule has 3 rings (SSSR count). The predicted molar refractivity (Wildman–Crippen MR) is 89.3 cm³/mol. The number of hydrogen-bond donors (Lipinski definition) is 1. The third-order valence-corrected chi connectivity index (χ3v) is 4.54. The van der Waals surface area contributed by atoms with Crippen molar-refractivity contribution in [2.75, 3.05) is 5.43 Å². The van der Waals surface area contributed by atoms with Gasteiger partial charge in [-0.1, -0.05) is 29.8 Å². The monoisotopic (exact) mass is 296 g/mol. The number of hydrogen-bond acceptors (Lipinski definition) is 5. The van der Waals surface area contributed by atoms with E-state index in [1.54, 1.807) is 23.9 Å². The molecular weight excluding hydrogens is 280 g/mol. The van der Waals surface area contributed by atoms with Crippen LogP contribution in [-0.2, 0) is 0 Å². The number of fused-ring (bicyclic) bond motifs is 1. The second-order valence-electron chi connectivity index (χ2n) is 4.97. The van der Waals surface area contributed by atoms with E-state index in [0.717, 1.165) is 21.6 Å². The van der Waals surface area contributed by atoms with Crippen molar-refractivity contribution in [1.29, 1.82) is 0 Å². The van der Waals surface area contributed by atoms with Crippen LogP contribution in [0.2, 0.25) is 0 Å². The van der Waals surface area contributed by atoms with Gasteiger partial charge >= 0.3 is 0 Å². The van der Waals surface area contributed by atoms with E-state index in [1.807, 2.05) is 12.1 Å². The lowest BCUT2D eigenvalue weighted by molar-refractivity contribution is 1.19. The SMILES string of the molecule is Cc1ccc(C=NNc2ncnc3sc(C)c(C)c23)cc1. The Balaban J connectivity index is 1.87. The Kier molecular flexibility index (Phi) is 3.66. The highest BCUT2D eigenvalue weighted by molar-refractivity contribution is 7.18. The zero-order valence-electron chi connectivity index (χ0n) is 12.2. The number of thiophene rings is 1. The maximum absolute atomic E-state index is 4.32. The quantitative estimate of drug-likeness (QED) is 0.585. The summed E-state index contributed by atoms with van der Waals surface area (Å²) in [6.45, 7) is 6.26. The highest BCUT2D eigenvalue weighted by Gasteiger charge is 2.10. The van der Waals surface area contributed by atoms with E-state index >= 15 is 0 Å². The number of nitrogens with zero attached hydrogens (tertiary/aromatic N) is 3. The first-order valence-corrected chi connectivity index (χ1v) is 7.53. The van der Waals surface area contributed by atoms with Crippen LogP contribution in [0.3, 0.4) is 0 Å². The van der Waals surface area contributed by atoms with Crippen LogP contribution in [0.15, 0.2) is 35.7 Å². The van der Waals surface area contributed by atoms with Gasteiger partial charge in [0, 0.05) is 4.88 Å². The Bertz CT molecular complexity index is 803. The van der Waals surface area contributed by atoms with Crippen molar-refractivity contribution < 1.29 is 0 Å². The Morgan fingerprint density at radius 3 is 2.62 bits per heavy atom. The summed E-state index contributed by atoms with van der Waals surface area (Å²) in [4.78, 5) is 10.9. The number of rotatable bonds is 3. The lowest BCUT2D eigenvalue weighted by Crippen LogP contribution is -1.95. The molecule has 0 aliphatic heterocycles. The maximum atomic E-state index is 4.32. The highest BCUT2D eigenvalue weighted by atomic mass is 32.1. The van der Waals surface area contributed by atoms with Gasteiger partial charge in [0.25, 0.3) is 0 Å². The molecule has 0 fully saturated rings. The number of benzene rings is 1. The molecule has 0 aliphatic carbocycles. The first-order chi connectivity index (χ1) is 10.1. The van der Waals surface area contributed by atoms with Crippen LogP contribution in [0.5, 0.6) is 0 Å². The van der Waals surface area contributed by atoms with E-state index in [0.29, 0.717) is 0 Å². The number of aromatic nitrogens is 2. The second kappa shape index (κ2) is 5.61. The molecule has 21 heavy (non-hydrogen) atoms. The van der Waals surface area contributed by atoms with Gasteiger partial charge < -0.3 is 0 Å². The van der Waals surface area contributed by atoms with Gasteiger partial charge in [0.1, 0.15) is 11.2 Å². The fraction of sp³-hybridized carbons (Fsp3) is 0.188. The number of hydrazone groups is 1. The molecule has 0 saturated carbocycles. The molecule has 0 atom stereocenters. The van der Waals surface area contributed by atoms with E-state index in [1.165, 1.54) is 16.0 Å². The fourth-order valence-corrected chi connectivity index (χ4v) is 3.08. The third-order valence-electron chi connectivity index (χ3n) is 3.43. The molecule has 5 heteroatoms. The summed E-state index contributed by atoms with van der Waals surface area (Å²) in [6, 6.07) is 8.21. The summed E-state index contributed by atoms with van der Waals surface area (Å²) in [5.41, 5.74) is 6.53. The van der Waals surface area contributed by atoms with Gasteiger partial charge in [-0.25, -0.2) is 9.97 Å². The number of anilines is 1. The van der Waals surface area contributed by atoms with Crippen LogP contribution in [0.1, 0.15) is 21.6 Å². The smallest absolute Gasteiger partial charge is 0.158 e. The summed E-state index contributed by atoms with van der Waals surface area (Å²) >= 11 is 1.68. The lowest BCUT2D eigenvalue weighted by Gasteiger charge is -2.02. The standard InChI is InChI=1S/C16H16N4S/c1-10-4-6-13(7-5-10)8-19-20-15-14-11(2)12(3)21-16(14)18-9-17-15/h4-9H,1-3H3,(H,17,18,20). The van der Waals surface area contributed by atoms with Crippen molar-refractivity contribution >= 4 is 33.6 Å². The number of nitrogens with one attached hydrogen (secondary N) is 1. The Hall–Kier alpha value is -2.27. The summed E-state index contributed by atoms with van der Waals surface area (Å²) in [5.74, 6) is 0.755. The normalized spacial score (nSPS) is 11.4. The van der Waals surface area contributed by atoms with E-state index < -0.39 is 0 Å². The Morgan fingerprint density at radius 1 is 1.10 bits per heavy atom. The van der Waals surface area contributed by atoms with Gasteiger partial charge in [-0.15, -0.1) is 11.3 Å². The predicted octanol–water partition coefficient (Wildman–Crippen LogP) is 4.06. The molecule has 0 unspecified atom stereocenters.